The molecule has 2 aliphatic rings. The summed E-state index contributed by atoms with van der Waals surface area (Å²) in [6, 6.07) is 0. The van der Waals surface area contributed by atoms with Gasteiger partial charge in [0, 0.05) is 6.20 Å². The van der Waals surface area contributed by atoms with Crippen LogP contribution < -0.4 is 0 Å². The lowest BCUT2D eigenvalue weighted by Crippen LogP contribution is -2.47. The summed E-state index contributed by atoms with van der Waals surface area (Å²) in [6.45, 7) is -0.0223. The second-order valence-electron chi connectivity index (χ2n) is 2.72. The Morgan fingerprint density at radius 2 is 2.46 bits per heavy atom. The predicted molar refractivity (Wildman–Crippen MR) is 48.0 cm³/mol. The first kappa shape index (κ1) is 8.25. The molecule has 0 spiro atoms. The van der Waals surface area contributed by atoms with E-state index in [1.165, 1.54) is 4.90 Å². The van der Waals surface area contributed by atoms with Crippen LogP contribution in [-0.4, -0.2) is 27.3 Å². The van der Waals surface area contributed by atoms with Gasteiger partial charge in [-0.05, 0) is 23.8 Å². The largest absolute Gasteiger partial charge is 0.398 e. The molecular weight excluding hydrogens is 194 g/mol. The number of allylic oxidation sites excluding steroid dienone is 2. The van der Waals surface area contributed by atoms with E-state index in [0.29, 0.717) is 5.84 Å². The third-order valence-corrected chi connectivity index (χ3v) is 2.37. The molecule has 0 saturated heterocycles. The molecule has 13 heavy (non-hydrogen) atoms. The zero-order chi connectivity index (χ0) is 9.47. The van der Waals surface area contributed by atoms with E-state index in [0.717, 1.165) is 0 Å². The third kappa shape index (κ3) is 1.04. The van der Waals surface area contributed by atoms with Gasteiger partial charge in [-0.2, -0.15) is 0 Å². The molecule has 2 rings (SSSR count). The minimum atomic E-state index is -1.63. The van der Waals surface area contributed by atoms with Crippen molar-refractivity contribution in [2.24, 2.45) is 4.99 Å². The number of hydrogen-bond donors (Lipinski definition) is 0. The summed E-state index contributed by atoms with van der Waals surface area (Å²) in [5.41, 5.74) is 0. The number of nitrogens with zero attached hydrogens (tertiary/aromatic N) is 3. The van der Waals surface area contributed by atoms with Crippen molar-refractivity contribution in [3.8, 4) is 0 Å². The summed E-state index contributed by atoms with van der Waals surface area (Å²) in [7, 11) is 0. The van der Waals surface area contributed by atoms with Crippen LogP contribution in [-0.2, 0) is 0 Å². The average Bonchev–Trinajstić information content (AvgIpc) is 2.47. The van der Waals surface area contributed by atoms with Crippen molar-refractivity contribution in [3.63, 3.8) is 0 Å². The molecular formula is C7H6ClN3O2. The van der Waals surface area contributed by atoms with Gasteiger partial charge < -0.3 is 0 Å². The second kappa shape index (κ2) is 2.56. The average molecular weight is 200 g/mol. The zero-order valence-electron chi connectivity index (χ0n) is 6.55. The van der Waals surface area contributed by atoms with Crippen molar-refractivity contribution in [1.29, 1.82) is 0 Å². The number of nitro groups is 1. The molecule has 0 radical (unpaired) electrons. The Kier molecular flexibility index (Phi) is 1.63. The molecule has 1 atom stereocenters. The van der Waals surface area contributed by atoms with Crippen LogP contribution in [0.2, 0.25) is 0 Å². The number of hydrogen-bond acceptors (Lipinski definition) is 4. The fraction of sp³-hybridized carbons (Fsp3) is 0.286. The molecule has 5 nitrogen and oxygen atoms in total. The second-order valence-corrected chi connectivity index (χ2v) is 3.33. The molecule has 0 fully saturated rings. The van der Waals surface area contributed by atoms with Gasteiger partial charge in [-0.15, -0.1) is 0 Å². The predicted octanol–water partition coefficient (Wildman–Crippen LogP) is 0.953. The lowest BCUT2D eigenvalue weighted by molar-refractivity contribution is -0.556. The highest BCUT2D eigenvalue weighted by molar-refractivity contribution is 6.25. The van der Waals surface area contributed by atoms with Crippen molar-refractivity contribution in [2.45, 2.75) is 5.12 Å². The van der Waals surface area contributed by atoms with Crippen LogP contribution in [0, 0.1) is 10.1 Å². The highest BCUT2D eigenvalue weighted by Gasteiger charge is 2.51. The van der Waals surface area contributed by atoms with Crippen molar-refractivity contribution in [3.05, 3.63) is 34.5 Å². The molecule has 1 unspecified atom stereocenters. The Morgan fingerprint density at radius 1 is 1.69 bits per heavy atom. The van der Waals surface area contributed by atoms with Gasteiger partial charge in [0.15, 0.2) is 0 Å². The number of amidine groups is 1. The first-order valence-corrected chi connectivity index (χ1v) is 4.04. The number of alkyl halides is 1. The summed E-state index contributed by atoms with van der Waals surface area (Å²) >= 11 is 5.81. The zero-order valence-corrected chi connectivity index (χ0v) is 7.31. The van der Waals surface area contributed by atoms with Crippen LogP contribution in [0.5, 0.6) is 0 Å². The first-order valence-electron chi connectivity index (χ1n) is 3.67. The molecule has 0 amide bonds. The fourth-order valence-electron chi connectivity index (χ4n) is 1.26. The summed E-state index contributed by atoms with van der Waals surface area (Å²) < 4.78 is 0. The molecule has 0 N–H and O–H groups in total. The van der Waals surface area contributed by atoms with Crippen LogP contribution in [0.1, 0.15) is 0 Å². The summed E-state index contributed by atoms with van der Waals surface area (Å²) in [5.74, 6) is 0.536. The molecule has 68 valence electrons. The molecule has 0 aromatic heterocycles. The van der Waals surface area contributed by atoms with E-state index >= 15 is 0 Å². The maximum absolute atomic E-state index is 10.7. The van der Waals surface area contributed by atoms with Crippen molar-refractivity contribution in [1.82, 2.24) is 4.90 Å². The highest BCUT2D eigenvalue weighted by Crippen LogP contribution is 2.30. The molecule has 0 aromatic rings. The topological polar surface area (TPSA) is 58.7 Å². The monoisotopic (exact) mass is 199 g/mol. The maximum Gasteiger partial charge on any atom is 0.398 e. The minimum Gasteiger partial charge on any atom is -0.261 e. The Bertz CT molecular complexity index is 350. The van der Waals surface area contributed by atoms with Crippen LogP contribution in [0.15, 0.2) is 29.4 Å². The SMILES string of the molecule is O=[N+]([O-])C1(Cl)CN=C2C=CC=CN21. The standard InChI is InChI=1S/C7H6ClN3O2/c8-7(11(12)13)5-9-6-3-1-2-4-10(6)7/h1-4H,5H2. The Labute approximate surface area is 79.1 Å². The lowest BCUT2D eigenvalue weighted by Gasteiger charge is -2.24. The van der Waals surface area contributed by atoms with Crippen molar-refractivity contribution in [2.75, 3.05) is 6.54 Å². The lowest BCUT2D eigenvalue weighted by atomic mass is 10.3. The van der Waals surface area contributed by atoms with E-state index in [1.807, 2.05) is 0 Å². The van der Waals surface area contributed by atoms with Gasteiger partial charge in [-0.1, -0.05) is 6.08 Å². The number of halogens is 1. The van der Waals surface area contributed by atoms with Gasteiger partial charge in [0.25, 0.3) is 0 Å². The number of rotatable bonds is 1. The minimum absolute atomic E-state index is 0.0223. The van der Waals surface area contributed by atoms with Gasteiger partial charge >= 0.3 is 5.12 Å². The van der Waals surface area contributed by atoms with Gasteiger partial charge in [0.1, 0.15) is 12.4 Å². The number of aliphatic imine (C=N–C) groups is 1. The summed E-state index contributed by atoms with van der Waals surface area (Å²) in [5, 5.41) is 9.05. The van der Waals surface area contributed by atoms with E-state index in [4.69, 9.17) is 11.6 Å². The first-order chi connectivity index (χ1) is 6.14. The molecule has 2 heterocycles. The summed E-state index contributed by atoms with van der Waals surface area (Å²) in [6.07, 6.45) is 6.69. The number of fused-ring (bicyclic) bond motifs is 1. The van der Waals surface area contributed by atoms with Gasteiger partial charge in [-0.3, -0.25) is 20.0 Å². The van der Waals surface area contributed by atoms with E-state index in [9.17, 15) is 10.1 Å². The van der Waals surface area contributed by atoms with Crippen LogP contribution in [0.3, 0.4) is 0 Å². The maximum atomic E-state index is 10.7. The molecule has 0 aliphatic carbocycles. The van der Waals surface area contributed by atoms with Crippen LogP contribution in [0.4, 0.5) is 0 Å². The molecule has 2 aliphatic heterocycles. The Hall–Kier alpha value is -1.36. The highest BCUT2D eigenvalue weighted by atomic mass is 35.5. The van der Waals surface area contributed by atoms with E-state index in [2.05, 4.69) is 4.99 Å². The quantitative estimate of drug-likeness (QED) is 0.274. The van der Waals surface area contributed by atoms with E-state index in [1.54, 1.807) is 24.4 Å². The molecule has 6 heteroatoms. The smallest absolute Gasteiger partial charge is 0.261 e. The molecule has 0 aromatic carbocycles. The molecule has 0 bridgehead atoms. The van der Waals surface area contributed by atoms with Crippen molar-refractivity contribution >= 4 is 17.4 Å². The van der Waals surface area contributed by atoms with E-state index < -0.39 is 10.0 Å². The van der Waals surface area contributed by atoms with Crippen LogP contribution >= 0.6 is 11.6 Å². The molecule has 0 saturated carbocycles. The van der Waals surface area contributed by atoms with Crippen LogP contribution in [0.25, 0.3) is 0 Å². The normalized spacial score (nSPS) is 30.2. The van der Waals surface area contributed by atoms with Crippen molar-refractivity contribution < 1.29 is 4.92 Å². The van der Waals surface area contributed by atoms with E-state index in [-0.39, 0.29) is 6.54 Å². The Balaban J connectivity index is 2.37. The Morgan fingerprint density at radius 3 is 3.15 bits per heavy atom. The summed E-state index contributed by atoms with van der Waals surface area (Å²) in [4.78, 5) is 15.5. The third-order valence-electron chi connectivity index (χ3n) is 1.93. The van der Waals surface area contributed by atoms with Gasteiger partial charge in [0.05, 0.1) is 4.92 Å². The van der Waals surface area contributed by atoms with Gasteiger partial charge in [-0.25, -0.2) is 0 Å². The fourth-order valence-corrected chi connectivity index (χ4v) is 1.46. The van der Waals surface area contributed by atoms with Gasteiger partial charge in [0.2, 0.25) is 0 Å².